The number of carbonyl (C=O) groups excluding carboxylic acids is 2. The second-order valence-electron chi connectivity index (χ2n) is 10.0. The number of hydrazine groups is 1. The van der Waals surface area contributed by atoms with Crippen LogP contribution in [0.1, 0.15) is 58.3 Å². The van der Waals surface area contributed by atoms with E-state index in [1.165, 1.54) is 0 Å². The normalized spacial score (nSPS) is 11.3. The Morgan fingerprint density at radius 3 is 2.26 bits per heavy atom. The maximum Gasteiger partial charge on any atom is 0.252 e. The third kappa shape index (κ3) is 8.15. The Bertz CT molecular complexity index is 1270. The van der Waals surface area contributed by atoms with Crippen LogP contribution in [0.3, 0.4) is 0 Å². The monoisotopic (exact) mass is 538 g/mol. The van der Waals surface area contributed by atoms with Crippen LogP contribution < -0.4 is 26.1 Å². The molecule has 3 rings (SSSR count). The lowest BCUT2D eigenvalue weighted by molar-refractivity contribution is -0.131. The van der Waals surface area contributed by atoms with Crippen molar-refractivity contribution in [2.45, 2.75) is 53.6 Å². The van der Waals surface area contributed by atoms with Crippen LogP contribution in [0, 0.1) is 5.41 Å². The van der Waals surface area contributed by atoms with Gasteiger partial charge in [0, 0.05) is 29.5 Å². The number of amides is 2. The molecule has 3 aromatic rings. The van der Waals surface area contributed by atoms with Gasteiger partial charge >= 0.3 is 0 Å². The number of fused-ring (bicyclic) bond motifs is 1. The van der Waals surface area contributed by atoms with Gasteiger partial charge in [0.15, 0.2) is 11.5 Å². The Morgan fingerprint density at radius 1 is 0.949 bits per heavy atom. The van der Waals surface area contributed by atoms with E-state index >= 15 is 0 Å². The first kappa shape index (κ1) is 31.5. The number of ether oxygens (including phenoxy) is 3. The van der Waals surface area contributed by atoms with Gasteiger partial charge in [-0.15, -0.1) is 0 Å². The summed E-state index contributed by atoms with van der Waals surface area (Å²) >= 11 is 0. The van der Waals surface area contributed by atoms with Crippen LogP contribution in [-0.4, -0.2) is 49.8 Å². The highest BCUT2D eigenvalue weighted by atomic mass is 16.5. The molecule has 9 nitrogen and oxygen atoms in total. The van der Waals surface area contributed by atoms with E-state index < -0.39 is 11.0 Å². The summed E-state index contributed by atoms with van der Waals surface area (Å²) in [5.74, 6) is 5.96. The second-order valence-corrected chi connectivity index (χ2v) is 10.0. The van der Waals surface area contributed by atoms with E-state index in [0.29, 0.717) is 41.3 Å². The highest BCUT2D eigenvalue weighted by molar-refractivity contribution is 6.07. The SMILES string of the molecule is CC.COc1ccc(-c2cc(C(=O)NCC(C)(C)OCCC(C)(C)C(=O)NN)c3ccccc3n2)cc1OC. The van der Waals surface area contributed by atoms with Gasteiger partial charge < -0.3 is 19.5 Å². The predicted molar refractivity (Wildman–Crippen MR) is 155 cm³/mol. The van der Waals surface area contributed by atoms with Crippen molar-refractivity contribution in [2.75, 3.05) is 27.4 Å². The van der Waals surface area contributed by atoms with Gasteiger partial charge in [0.25, 0.3) is 5.91 Å². The summed E-state index contributed by atoms with van der Waals surface area (Å²) in [6, 6.07) is 14.8. The molecule has 0 spiro atoms. The zero-order valence-corrected chi connectivity index (χ0v) is 24.3. The number of methoxy groups -OCH3 is 2. The molecule has 2 amide bonds. The summed E-state index contributed by atoms with van der Waals surface area (Å²) < 4.78 is 16.8. The minimum absolute atomic E-state index is 0.236. The van der Waals surface area contributed by atoms with Crippen LogP contribution in [0.25, 0.3) is 22.2 Å². The van der Waals surface area contributed by atoms with Crippen molar-refractivity contribution in [3.63, 3.8) is 0 Å². The summed E-state index contributed by atoms with van der Waals surface area (Å²) in [6.45, 7) is 12.0. The first-order valence-electron chi connectivity index (χ1n) is 13.1. The van der Waals surface area contributed by atoms with E-state index in [9.17, 15) is 9.59 Å². The van der Waals surface area contributed by atoms with Crippen molar-refractivity contribution < 1.29 is 23.8 Å². The number of hydrogen-bond acceptors (Lipinski definition) is 7. The topological polar surface area (TPSA) is 125 Å². The van der Waals surface area contributed by atoms with Gasteiger partial charge in [0.2, 0.25) is 5.91 Å². The largest absolute Gasteiger partial charge is 0.493 e. The van der Waals surface area contributed by atoms with Crippen molar-refractivity contribution in [1.29, 1.82) is 0 Å². The standard InChI is InChI=1S/C28H36N4O5.C2H6/c1-27(2,26(34)32-29)13-14-37-28(3,4)17-30-25(33)20-16-22(31-21-10-8-7-9-19(20)21)18-11-12-23(35-5)24(15-18)36-6;1-2/h7-12,15-16H,13-14,17,29H2,1-6H3,(H,30,33)(H,32,34);1-2H3. The van der Waals surface area contributed by atoms with Gasteiger partial charge in [-0.2, -0.15) is 0 Å². The van der Waals surface area contributed by atoms with E-state index in [2.05, 4.69) is 10.7 Å². The summed E-state index contributed by atoms with van der Waals surface area (Å²) in [6.07, 6.45) is 0.483. The number of aromatic nitrogens is 1. The van der Waals surface area contributed by atoms with E-state index in [0.717, 1.165) is 10.9 Å². The molecular weight excluding hydrogens is 496 g/mol. The Kier molecular flexibility index (Phi) is 11.2. The number of nitrogens with one attached hydrogen (secondary N) is 2. The van der Waals surface area contributed by atoms with Crippen LogP contribution in [0.4, 0.5) is 0 Å². The molecule has 0 aliphatic carbocycles. The van der Waals surface area contributed by atoms with E-state index in [-0.39, 0.29) is 18.4 Å². The molecule has 0 atom stereocenters. The molecule has 0 saturated heterocycles. The Morgan fingerprint density at radius 2 is 1.62 bits per heavy atom. The fourth-order valence-electron chi connectivity index (χ4n) is 3.84. The molecule has 0 radical (unpaired) electrons. The lowest BCUT2D eigenvalue weighted by Gasteiger charge is -2.28. The predicted octanol–water partition coefficient (Wildman–Crippen LogP) is 4.88. The third-order valence-electron chi connectivity index (χ3n) is 6.28. The van der Waals surface area contributed by atoms with Gasteiger partial charge in [0.1, 0.15) is 0 Å². The van der Waals surface area contributed by atoms with E-state index in [4.69, 9.17) is 25.0 Å². The minimum Gasteiger partial charge on any atom is -0.493 e. The number of para-hydroxylation sites is 1. The molecule has 1 heterocycles. The highest BCUT2D eigenvalue weighted by Crippen LogP contribution is 2.33. The molecule has 0 bridgehead atoms. The molecule has 0 aliphatic rings. The molecule has 212 valence electrons. The maximum atomic E-state index is 13.4. The number of nitrogens with two attached hydrogens (primary N) is 1. The van der Waals surface area contributed by atoms with Gasteiger partial charge in [0.05, 0.1) is 36.6 Å². The van der Waals surface area contributed by atoms with Crippen LogP contribution in [0.15, 0.2) is 48.5 Å². The first-order chi connectivity index (χ1) is 18.5. The lowest BCUT2D eigenvalue weighted by Crippen LogP contribution is -2.43. The molecule has 9 heteroatoms. The van der Waals surface area contributed by atoms with Crippen molar-refractivity contribution in [1.82, 2.24) is 15.7 Å². The smallest absolute Gasteiger partial charge is 0.252 e. The fourth-order valence-corrected chi connectivity index (χ4v) is 3.84. The first-order valence-corrected chi connectivity index (χ1v) is 13.1. The summed E-state index contributed by atoms with van der Waals surface area (Å²) in [5.41, 5.74) is 3.52. The number of hydrogen-bond donors (Lipinski definition) is 3. The van der Waals surface area contributed by atoms with Crippen molar-refractivity contribution >= 4 is 22.7 Å². The molecule has 0 saturated carbocycles. The molecule has 4 N–H and O–H groups in total. The van der Waals surface area contributed by atoms with Crippen molar-refractivity contribution in [3.8, 4) is 22.8 Å². The molecule has 39 heavy (non-hydrogen) atoms. The number of rotatable bonds is 11. The Labute approximate surface area is 231 Å². The van der Waals surface area contributed by atoms with Gasteiger partial charge in [-0.05, 0) is 50.6 Å². The zero-order chi connectivity index (χ0) is 29.2. The number of pyridine rings is 1. The van der Waals surface area contributed by atoms with Crippen LogP contribution in [0.5, 0.6) is 11.5 Å². The van der Waals surface area contributed by atoms with Crippen molar-refractivity contribution in [2.24, 2.45) is 11.3 Å². The molecular formula is C30H42N4O5. The fraction of sp³-hybridized carbons (Fsp3) is 0.433. The second kappa shape index (κ2) is 13.9. The van der Waals surface area contributed by atoms with Gasteiger partial charge in [-0.25, -0.2) is 10.8 Å². The number of benzene rings is 2. The molecule has 0 aliphatic heterocycles. The van der Waals surface area contributed by atoms with Gasteiger partial charge in [-0.1, -0.05) is 45.9 Å². The lowest BCUT2D eigenvalue weighted by atomic mass is 9.89. The van der Waals surface area contributed by atoms with Gasteiger partial charge in [-0.3, -0.25) is 15.0 Å². The molecule has 0 fully saturated rings. The number of carbonyl (C=O) groups is 2. The summed E-state index contributed by atoms with van der Waals surface area (Å²) in [5, 5.41) is 3.74. The van der Waals surface area contributed by atoms with Crippen LogP contribution in [-0.2, 0) is 9.53 Å². The van der Waals surface area contributed by atoms with Crippen LogP contribution >= 0.6 is 0 Å². The average molecular weight is 539 g/mol. The summed E-state index contributed by atoms with van der Waals surface area (Å²) in [4.78, 5) is 30.0. The van der Waals surface area contributed by atoms with E-state index in [1.807, 2.05) is 70.2 Å². The average Bonchev–Trinajstić information content (AvgIpc) is 2.95. The maximum absolute atomic E-state index is 13.4. The third-order valence-corrected chi connectivity index (χ3v) is 6.28. The molecule has 1 aromatic heterocycles. The highest BCUT2D eigenvalue weighted by Gasteiger charge is 2.28. The zero-order valence-electron chi connectivity index (χ0n) is 24.3. The van der Waals surface area contributed by atoms with E-state index in [1.54, 1.807) is 34.1 Å². The quantitative estimate of drug-likeness (QED) is 0.181. The van der Waals surface area contributed by atoms with Crippen LogP contribution in [0.2, 0.25) is 0 Å². The Hall–Kier alpha value is -3.69. The number of nitrogens with zero attached hydrogens (tertiary/aromatic N) is 1. The summed E-state index contributed by atoms with van der Waals surface area (Å²) in [7, 11) is 3.16. The Balaban J connectivity index is 0.00000260. The molecule has 2 aromatic carbocycles. The molecule has 0 unspecified atom stereocenters. The minimum atomic E-state index is -0.662. The van der Waals surface area contributed by atoms with Crippen molar-refractivity contribution in [3.05, 3.63) is 54.1 Å².